The van der Waals surface area contributed by atoms with E-state index in [-0.39, 0.29) is 0 Å². The summed E-state index contributed by atoms with van der Waals surface area (Å²) in [7, 11) is 0. The lowest BCUT2D eigenvalue weighted by Gasteiger charge is -2.21. The highest BCUT2D eigenvalue weighted by Crippen LogP contribution is 2.15. The molecule has 0 aliphatic carbocycles. The van der Waals surface area contributed by atoms with Crippen LogP contribution in [0.15, 0.2) is 37.4 Å². The van der Waals surface area contributed by atoms with E-state index in [4.69, 9.17) is 4.98 Å². The smallest absolute Gasteiger partial charge is 0.129 e. The molecular weight excluding hydrogens is 246 g/mol. The van der Waals surface area contributed by atoms with E-state index < -0.39 is 0 Å². The quantitative estimate of drug-likeness (QED) is 0.700. The minimum Gasteiger partial charge on any atom is -0.349 e. The highest BCUT2D eigenvalue weighted by Gasteiger charge is 2.07. The van der Waals surface area contributed by atoms with Gasteiger partial charge < -0.3 is 10.2 Å². The van der Waals surface area contributed by atoms with Gasteiger partial charge in [-0.3, -0.25) is 0 Å². The molecule has 3 heteroatoms. The van der Waals surface area contributed by atoms with Crippen LogP contribution >= 0.6 is 0 Å². The highest BCUT2D eigenvalue weighted by molar-refractivity contribution is 5.43. The number of pyridine rings is 1. The third-order valence-corrected chi connectivity index (χ3v) is 3.07. The molecule has 0 bridgehead atoms. The summed E-state index contributed by atoms with van der Waals surface area (Å²) >= 11 is 0. The van der Waals surface area contributed by atoms with Crippen LogP contribution in [-0.4, -0.2) is 24.6 Å². The summed E-state index contributed by atoms with van der Waals surface area (Å²) in [5.41, 5.74) is 2.34. The predicted octanol–water partition coefficient (Wildman–Crippen LogP) is 3.31. The zero-order valence-corrected chi connectivity index (χ0v) is 13.0. The van der Waals surface area contributed by atoms with Crippen LogP contribution in [0, 0.1) is 12.8 Å². The first-order valence-corrected chi connectivity index (χ1v) is 7.22. The molecule has 1 aromatic rings. The van der Waals surface area contributed by atoms with Crippen LogP contribution in [0.5, 0.6) is 0 Å². The Morgan fingerprint density at radius 3 is 2.40 bits per heavy atom. The van der Waals surface area contributed by atoms with Crippen LogP contribution in [0.2, 0.25) is 0 Å². The molecule has 0 spiro atoms. The first-order chi connectivity index (χ1) is 9.58. The molecule has 0 aliphatic rings. The normalized spacial score (nSPS) is 10.6. The number of aryl methyl sites for hydroxylation is 1. The van der Waals surface area contributed by atoms with E-state index in [2.05, 4.69) is 56.3 Å². The molecule has 1 N–H and O–H groups in total. The second-order valence-corrected chi connectivity index (χ2v) is 5.42. The van der Waals surface area contributed by atoms with Crippen molar-refractivity contribution in [2.24, 2.45) is 5.92 Å². The van der Waals surface area contributed by atoms with Crippen molar-refractivity contribution in [3.05, 3.63) is 48.7 Å². The lowest BCUT2D eigenvalue weighted by molar-refractivity contribution is 0.551. The summed E-state index contributed by atoms with van der Waals surface area (Å²) in [6.45, 7) is 17.5. The maximum Gasteiger partial charge on any atom is 0.129 e. The fourth-order valence-electron chi connectivity index (χ4n) is 2.01. The van der Waals surface area contributed by atoms with Crippen molar-refractivity contribution < 1.29 is 0 Å². The Labute approximate surface area is 123 Å². The van der Waals surface area contributed by atoms with Gasteiger partial charge in [-0.25, -0.2) is 4.98 Å². The molecule has 0 radical (unpaired) electrons. The molecule has 0 saturated heterocycles. The summed E-state index contributed by atoms with van der Waals surface area (Å²) in [6, 6.07) is 4.23. The number of nitrogens with zero attached hydrogens (tertiary/aromatic N) is 2. The number of aromatic nitrogens is 1. The van der Waals surface area contributed by atoms with Crippen molar-refractivity contribution in [3.63, 3.8) is 0 Å². The molecule has 0 aromatic carbocycles. The van der Waals surface area contributed by atoms with E-state index in [1.54, 1.807) is 0 Å². The lowest BCUT2D eigenvalue weighted by Crippen LogP contribution is -2.25. The van der Waals surface area contributed by atoms with Crippen LogP contribution in [0.3, 0.4) is 0 Å². The van der Waals surface area contributed by atoms with Crippen molar-refractivity contribution in [2.75, 3.05) is 24.5 Å². The highest BCUT2D eigenvalue weighted by atomic mass is 15.2. The van der Waals surface area contributed by atoms with E-state index in [1.807, 2.05) is 12.2 Å². The fourth-order valence-corrected chi connectivity index (χ4v) is 2.01. The Bertz CT molecular complexity index is 428. The Hall–Kier alpha value is -1.61. The maximum atomic E-state index is 4.70. The monoisotopic (exact) mass is 273 g/mol. The molecule has 0 amide bonds. The topological polar surface area (TPSA) is 28.2 Å². The SMILES string of the molecule is C=CCN(CC=C)c1ccc(CNCC(C)C)c(C)n1. The van der Waals surface area contributed by atoms with Crippen LogP contribution < -0.4 is 10.2 Å². The van der Waals surface area contributed by atoms with E-state index in [0.29, 0.717) is 5.92 Å². The van der Waals surface area contributed by atoms with Gasteiger partial charge in [0, 0.05) is 25.3 Å². The van der Waals surface area contributed by atoms with Crippen LogP contribution in [0.25, 0.3) is 0 Å². The van der Waals surface area contributed by atoms with Gasteiger partial charge in [0.15, 0.2) is 0 Å². The van der Waals surface area contributed by atoms with Crippen molar-refractivity contribution in [1.29, 1.82) is 0 Å². The molecule has 1 heterocycles. The molecule has 0 unspecified atom stereocenters. The van der Waals surface area contributed by atoms with Crippen LogP contribution in [-0.2, 0) is 6.54 Å². The summed E-state index contributed by atoms with van der Waals surface area (Å²) in [4.78, 5) is 6.85. The lowest BCUT2D eigenvalue weighted by atomic mass is 10.1. The van der Waals surface area contributed by atoms with Gasteiger partial charge in [-0.05, 0) is 31.0 Å². The Morgan fingerprint density at radius 1 is 1.25 bits per heavy atom. The standard InChI is InChI=1S/C17H27N3/c1-6-10-20(11-7-2)17-9-8-16(15(5)19-17)13-18-12-14(3)4/h6-9,14,18H,1-2,10-13H2,3-5H3. The Morgan fingerprint density at radius 2 is 1.90 bits per heavy atom. The number of rotatable bonds is 9. The average molecular weight is 273 g/mol. The van der Waals surface area contributed by atoms with Gasteiger partial charge in [-0.1, -0.05) is 32.1 Å². The van der Waals surface area contributed by atoms with Crippen molar-refractivity contribution >= 4 is 5.82 Å². The Kier molecular flexibility index (Phi) is 7.02. The van der Waals surface area contributed by atoms with E-state index >= 15 is 0 Å². The van der Waals surface area contributed by atoms with Crippen molar-refractivity contribution in [1.82, 2.24) is 10.3 Å². The first-order valence-electron chi connectivity index (χ1n) is 7.22. The molecule has 0 saturated carbocycles. The van der Waals surface area contributed by atoms with Gasteiger partial charge in [0.25, 0.3) is 0 Å². The molecule has 0 fully saturated rings. The second kappa shape index (κ2) is 8.54. The molecule has 110 valence electrons. The zero-order chi connectivity index (χ0) is 15.0. The second-order valence-electron chi connectivity index (χ2n) is 5.42. The maximum absolute atomic E-state index is 4.70. The minimum absolute atomic E-state index is 0.665. The number of hydrogen-bond acceptors (Lipinski definition) is 3. The molecule has 0 atom stereocenters. The van der Waals surface area contributed by atoms with E-state index in [1.165, 1.54) is 5.56 Å². The number of hydrogen-bond donors (Lipinski definition) is 1. The molecule has 1 aromatic heterocycles. The van der Waals surface area contributed by atoms with Crippen LogP contribution in [0.4, 0.5) is 5.82 Å². The molecular formula is C17H27N3. The molecule has 0 aliphatic heterocycles. The average Bonchev–Trinajstić information content (AvgIpc) is 2.40. The fraction of sp³-hybridized carbons (Fsp3) is 0.471. The minimum atomic E-state index is 0.665. The van der Waals surface area contributed by atoms with Gasteiger partial charge in [-0.15, -0.1) is 13.2 Å². The third-order valence-electron chi connectivity index (χ3n) is 3.07. The summed E-state index contributed by atoms with van der Waals surface area (Å²) in [6.07, 6.45) is 3.78. The molecule has 20 heavy (non-hydrogen) atoms. The first kappa shape index (κ1) is 16.4. The number of anilines is 1. The molecule has 1 rings (SSSR count). The van der Waals surface area contributed by atoms with E-state index in [9.17, 15) is 0 Å². The van der Waals surface area contributed by atoms with Gasteiger partial charge in [0.2, 0.25) is 0 Å². The largest absolute Gasteiger partial charge is 0.349 e. The van der Waals surface area contributed by atoms with Crippen molar-refractivity contribution in [2.45, 2.75) is 27.3 Å². The third kappa shape index (κ3) is 5.17. The predicted molar refractivity (Wildman–Crippen MR) is 88.1 cm³/mol. The summed E-state index contributed by atoms with van der Waals surface area (Å²) < 4.78 is 0. The van der Waals surface area contributed by atoms with Gasteiger partial charge in [0.05, 0.1) is 0 Å². The zero-order valence-electron chi connectivity index (χ0n) is 13.0. The number of nitrogens with one attached hydrogen (secondary N) is 1. The van der Waals surface area contributed by atoms with Crippen molar-refractivity contribution in [3.8, 4) is 0 Å². The van der Waals surface area contributed by atoms with E-state index in [0.717, 1.165) is 37.7 Å². The Balaban J connectivity index is 2.74. The van der Waals surface area contributed by atoms with Gasteiger partial charge in [0.1, 0.15) is 5.82 Å². The van der Waals surface area contributed by atoms with Crippen LogP contribution in [0.1, 0.15) is 25.1 Å². The summed E-state index contributed by atoms with van der Waals surface area (Å²) in [5.74, 6) is 1.65. The van der Waals surface area contributed by atoms with Gasteiger partial charge >= 0.3 is 0 Å². The molecule has 3 nitrogen and oxygen atoms in total. The summed E-state index contributed by atoms with van der Waals surface area (Å²) in [5, 5.41) is 3.46. The van der Waals surface area contributed by atoms with Gasteiger partial charge in [-0.2, -0.15) is 0 Å².